The summed E-state index contributed by atoms with van der Waals surface area (Å²) in [7, 11) is -2.51. The van der Waals surface area contributed by atoms with Crippen molar-refractivity contribution in [3.05, 3.63) is 23.8 Å². The number of hydrogen-bond acceptors (Lipinski definition) is 4. The quantitative estimate of drug-likeness (QED) is 0.800. The first-order valence-corrected chi connectivity index (χ1v) is 5.69. The molecule has 0 aliphatic carbocycles. The summed E-state index contributed by atoms with van der Waals surface area (Å²) in [6.45, 7) is 0. The summed E-state index contributed by atoms with van der Waals surface area (Å²) in [5, 5.41) is 4.09. The summed E-state index contributed by atoms with van der Waals surface area (Å²) in [5.41, 5.74) is -0.0364. The number of benzene rings is 1. The molecule has 1 rings (SSSR count). The van der Waals surface area contributed by atoms with Crippen molar-refractivity contribution in [1.29, 1.82) is 0 Å². The third kappa shape index (κ3) is 2.68. The number of methoxy groups -OCH3 is 1. The van der Waals surface area contributed by atoms with Gasteiger partial charge in [0.15, 0.2) is 0 Å². The molecule has 0 unspecified atom stereocenters. The van der Waals surface area contributed by atoms with Gasteiger partial charge in [-0.25, -0.2) is 13.6 Å². The van der Waals surface area contributed by atoms with Crippen LogP contribution in [0.25, 0.3) is 0 Å². The molecule has 1 aromatic carbocycles. The standard InChI is InChI=1S/C8H8ClNO4S/c1-14-7-3-2-5(15(10,12)13)4-6(7)8(9)11/h2-4H,1H3,(H2,10,12,13). The molecule has 82 valence electrons. The van der Waals surface area contributed by atoms with Gasteiger partial charge < -0.3 is 4.74 Å². The summed E-state index contributed by atoms with van der Waals surface area (Å²) < 4.78 is 26.8. The number of carbonyl (C=O) groups is 1. The first kappa shape index (κ1) is 12.0. The summed E-state index contributed by atoms with van der Waals surface area (Å²) in [5.74, 6) is 0.197. The number of ether oxygens (including phenoxy) is 1. The Morgan fingerprint density at radius 2 is 2.07 bits per heavy atom. The lowest BCUT2D eigenvalue weighted by Gasteiger charge is -2.06. The van der Waals surface area contributed by atoms with Gasteiger partial charge in [0.2, 0.25) is 10.0 Å². The van der Waals surface area contributed by atoms with Crippen LogP contribution in [-0.4, -0.2) is 20.8 Å². The van der Waals surface area contributed by atoms with Crippen LogP contribution in [0.3, 0.4) is 0 Å². The molecular formula is C8H8ClNO4S. The predicted molar refractivity (Wildman–Crippen MR) is 54.6 cm³/mol. The van der Waals surface area contributed by atoms with Crippen molar-refractivity contribution in [3.8, 4) is 5.75 Å². The zero-order valence-corrected chi connectivity index (χ0v) is 9.30. The maximum Gasteiger partial charge on any atom is 0.256 e. The van der Waals surface area contributed by atoms with Gasteiger partial charge in [-0.2, -0.15) is 0 Å². The number of halogens is 1. The molecule has 2 N–H and O–H groups in total. The van der Waals surface area contributed by atoms with Crippen LogP contribution in [0.4, 0.5) is 0 Å². The monoisotopic (exact) mass is 249 g/mol. The third-order valence-electron chi connectivity index (χ3n) is 1.71. The molecule has 0 bridgehead atoms. The summed E-state index contributed by atoms with van der Waals surface area (Å²) in [6, 6.07) is 3.62. The van der Waals surface area contributed by atoms with Gasteiger partial charge in [-0.3, -0.25) is 4.79 Å². The van der Waals surface area contributed by atoms with Crippen LogP contribution in [0.15, 0.2) is 23.1 Å². The Morgan fingerprint density at radius 3 is 2.47 bits per heavy atom. The van der Waals surface area contributed by atoms with E-state index < -0.39 is 15.3 Å². The maximum atomic E-state index is 11.0. The van der Waals surface area contributed by atoms with E-state index in [1.807, 2.05) is 0 Å². The fraction of sp³-hybridized carbons (Fsp3) is 0.125. The highest BCUT2D eigenvalue weighted by atomic mass is 35.5. The molecule has 0 radical (unpaired) electrons. The van der Waals surface area contributed by atoms with Crippen molar-refractivity contribution in [2.75, 3.05) is 7.11 Å². The smallest absolute Gasteiger partial charge is 0.256 e. The van der Waals surface area contributed by atoms with Crippen molar-refractivity contribution in [3.63, 3.8) is 0 Å². The molecule has 0 aliphatic rings. The number of rotatable bonds is 3. The summed E-state index contributed by atoms with van der Waals surface area (Å²) >= 11 is 5.25. The molecule has 0 atom stereocenters. The van der Waals surface area contributed by atoms with Crippen LogP contribution in [0, 0.1) is 0 Å². The van der Waals surface area contributed by atoms with Crippen molar-refractivity contribution >= 4 is 26.9 Å². The average molecular weight is 250 g/mol. The van der Waals surface area contributed by atoms with Crippen LogP contribution < -0.4 is 9.88 Å². The topological polar surface area (TPSA) is 86.5 Å². The van der Waals surface area contributed by atoms with E-state index >= 15 is 0 Å². The van der Waals surface area contributed by atoms with Gasteiger partial charge >= 0.3 is 0 Å². The highest BCUT2D eigenvalue weighted by Gasteiger charge is 2.15. The van der Waals surface area contributed by atoms with E-state index in [1.165, 1.54) is 19.2 Å². The van der Waals surface area contributed by atoms with Crippen molar-refractivity contribution in [1.82, 2.24) is 0 Å². The minimum atomic E-state index is -3.85. The highest BCUT2D eigenvalue weighted by molar-refractivity contribution is 7.89. The number of carbonyl (C=O) groups excluding carboxylic acids is 1. The SMILES string of the molecule is COc1ccc(S(N)(=O)=O)cc1C(=O)Cl. The number of hydrogen-bond donors (Lipinski definition) is 1. The molecule has 0 spiro atoms. The van der Waals surface area contributed by atoms with Gasteiger partial charge in [0.1, 0.15) is 5.75 Å². The van der Waals surface area contributed by atoms with Gasteiger partial charge in [-0.05, 0) is 29.8 Å². The van der Waals surface area contributed by atoms with E-state index in [0.717, 1.165) is 6.07 Å². The molecule has 15 heavy (non-hydrogen) atoms. The average Bonchev–Trinajstić information content (AvgIpc) is 2.15. The fourth-order valence-corrected chi connectivity index (χ4v) is 1.71. The molecule has 7 heteroatoms. The lowest BCUT2D eigenvalue weighted by Crippen LogP contribution is -2.13. The first-order chi connectivity index (χ1) is 6.86. The van der Waals surface area contributed by atoms with E-state index in [2.05, 4.69) is 0 Å². The molecule has 0 saturated heterocycles. The van der Waals surface area contributed by atoms with Crippen molar-refractivity contribution < 1.29 is 17.9 Å². The van der Waals surface area contributed by atoms with Crippen molar-refractivity contribution in [2.24, 2.45) is 5.14 Å². The van der Waals surface area contributed by atoms with Gasteiger partial charge in [0, 0.05) is 0 Å². The molecule has 0 amide bonds. The second-order valence-corrected chi connectivity index (χ2v) is 4.59. The minimum absolute atomic E-state index is 0.0364. The molecule has 0 fully saturated rings. The van der Waals surface area contributed by atoms with Gasteiger partial charge in [0.05, 0.1) is 17.6 Å². The predicted octanol–water partition coefficient (Wildman–Crippen LogP) is 0.722. The second-order valence-electron chi connectivity index (χ2n) is 2.68. The van der Waals surface area contributed by atoms with Gasteiger partial charge in [0.25, 0.3) is 5.24 Å². The van der Waals surface area contributed by atoms with E-state index in [4.69, 9.17) is 21.5 Å². The zero-order valence-electron chi connectivity index (χ0n) is 7.73. The minimum Gasteiger partial charge on any atom is -0.496 e. The molecule has 1 aromatic rings. The molecule has 0 aromatic heterocycles. The zero-order chi connectivity index (χ0) is 11.6. The second kappa shape index (κ2) is 4.18. The van der Waals surface area contributed by atoms with E-state index in [9.17, 15) is 13.2 Å². The number of primary sulfonamides is 1. The Hall–Kier alpha value is -1.11. The maximum absolute atomic E-state index is 11.0. The molecule has 5 nitrogen and oxygen atoms in total. The highest BCUT2D eigenvalue weighted by Crippen LogP contribution is 2.23. The number of sulfonamides is 1. The largest absolute Gasteiger partial charge is 0.496 e. The third-order valence-corrected chi connectivity index (χ3v) is 2.83. The lowest BCUT2D eigenvalue weighted by atomic mass is 10.2. The van der Waals surface area contributed by atoms with Crippen LogP contribution in [0.5, 0.6) is 5.75 Å². The van der Waals surface area contributed by atoms with Crippen LogP contribution in [-0.2, 0) is 10.0 Å². The summed E-state index contributed by atoms with van der Waals surface area (Å²) in [4.78, 5) is 10.8. The fourth-order valence-electron chi connectivity index (χ4n) is 1.02. The van der Waals surface area contributed by atoms with Gasteiger partial charge in [-0.1, -0.05) is 0 Å². The Balaban J connectivity index is 3.42. The Morgan fingerprint density at radius 1 is 1.47 bits per heavy atom. The Kier molecular flexibility index (Phi) is 3.33. The van der Waals surface area contributed by atoms with E-state index in [0.29, 0.717) is 0 Å². The summed E-state index contributed by atoms with van der Waals surface area (Å²) in [6.07, 6.45) is 0. The normalized spacial score (nSPS) is 11.1. The van der Waals surface area contributed by atoms with E-state index in [-0.39, 0.29) is 16.2 Å². The lowest BCUT2D eigenvalue weighted by molar-refractivity contribution is 0.107. The first-order valence-electron chi connectivity index (χ1n) is 3.77. The molecule has 0 heterocycles. The van der Waals surface area contributed by atoms with Gasteiger partial charge in [-0.15, -0.1) is 0 Å². The van der Waals surface area contributed by atoms with Crippen LogP contribution in [0.1, 0.15) is 10.4 Å². The number of nitrogens with two attached hydrogens (primary N) is 1. The Labute approximate surface area is 91.8 Å². The molecular weight excluding hydrogens is 242 g/mol. The van der Waals surface area contributed by atoms with E-state index in [1.54, 1.807) is 0 Å². The van der Waals surface area contributed by atoms with Crippen LogP contribution >= 0.6 is 11.6 Å². The van der Waals surface area contributed by atoms with Crippen molar-refractivity contribution in [2.45, 2.75) is 4.90 Å². The Bertz CT molecular complexity index is 497. The molecule has 0 saturated carbocycles. The molecule has 0 aliphatic heterocycles. The van der Waals surface area contributed by atoms with Crippen LogP contribution in [0.2, 0.25) is 0 Å².